The van der Waals surface area contributed by atoms with Crippen molar-refractivity contribution in [3.8, 4) is 0 Å². The van der Waals surface area contributed by atoms with Crippen LogP contribution < -0.4 is 0 Å². The molecule has 1 aromatic carbocycles. The summed E-state index contributed by atoms with van der Waals surface area (Å²) in [4.78, 5) is 7.89. The molecule has 0 radical (unpaired) electrons. The van der Waals surface area contributed by atoms with Crippen LogP contribution in [-0.2, 0) is 12.0 Å². The zero-order valence-electron chi connectivity index (χ0n) is 15.9. The zero-order chi connectivity index (χ0) is 17.0. The van der Waals surface area contributed by atoms with Crippen LogP contribution in [0.5, 0.6) is 0 Å². The summed E-state index contributed by atoms with van der Waals surface area (Å²) < 4.78 is 0. The van der Waals surface area contributed by atoms with Gasteiger partial charge >= 0.3 is 0 Å². The van der Waals surface area contributed by atoms with Crippen molar-refractivity contribution < 1.29 is 0 Å². The number of rotatable bonds is 5. The third-order valence-electron chi connectivity index (χ3n) is 5.62. The van der Waals surface area contributed by atoms with Gasteiger partial charge in [-0.25, -0.2) is 0 Å². The molecule has 0 unspecified atom stereocenters. The van der Waals surface area contributed by atoms with E-state index in [1.54, 1.807) is 0 Å². The summed E-state index contributed by atoms with van der Waals surface area (Å²) in [5.41, 5.74) is 3.13. The standard InChI is InChI=1S/C21H35N3/c1-21(2,3)20-8-6-19(7-9-20)18-24-16-14-23(15-17-24)13-12-22-10-4-5-11-22/h6-9H,4-5,10-18H2,1-3H3. The van der Waals surface area contributed by atoms with Gasteiger partial charge in [0, 0.05) is 45.8 Å². The number of piperazine rings is 1. The summed E-state index contributed by atoms with van der Waals surface area (Å²) in [6, 6.07) is 9.25. The Kier molecular flexibility index (Phi) is 5.96. The fourth-order valence-corrected chi connectivity index (χ4v) is 3.83. The Morgan fingerprint density at radius 1 is 0.708 bits per heavy atom. The van der Waals surface area contributed by atoms with Crippen LogP contribution in [0, 0.1) is 0 Å². The summed E-state index contributed by atoms with van der Waals surface area (Å²) in [6.45, 7) is 18.0. The summed E-state index contributed by atoms with van der Waals surface area (Å²) in [6.07, 6.45) is 2.81. The molecular formula is C21H35N3. The van der Waals surface area contributed by atoms with Crippen molar-refractivity contribution in [3.63, 3.8) is 0 Å². The van der Waals surface area contributed by atoms with E-state index in [1.165, 1.54) is 76.3 Å². The lowest BCUT2D eigenvalue weighted by Crippen LogP contribution is -2.47. The van der Waals surface area contributed by atoms with Crippen LogP contribution in [0.2, 0.25) is 0 Å². The van der Waals surface area contributed by atoms with Gasteiger partial charge in [0.2, 0.25) is 0 Å². The van der Waals surface area contributed by atoms with Gasteiger partial charge in [-0.2, -0.15) is 0 Å². The Bertz CT molecular complexity index is 489. The number of hydrogen-bond donors (Lipinski definition) is 0. The zero-order valence-corrected chi connectivity index (χ0v) is 15.9. The lowest BCUT2D eigenvalue weighted by atomic mass is 9.87. The van der Waals surface area contributed by atoms with Crippen molar-refractivity contribution in [3.05, 3.63) is 35.4 Å². The van der Waals surface area contributed by atoms with Crippen LogP contribution in [0.15, 0.2) is 24.3 Å². The highest BCUT2D eigenvalue weighted by atomic mass is 15.3. The van der Waals surface area contributed by atoms with E-state index in [1.807, 2.05) is 0 Å². The predicted molar refractivity (Wildman–Crippen MR) is 103 cm³/mol. The van der Waals surface area contributed by atoms with E-state index in [2.05, 4.69) is 59.7 Å². The summed E-state index contributed by atoms with van der Waals surface area (Å²) in [7, 11) is 0. The maximum atomic E-state index is 2.65. The Hall–Kier alpha value is -0.900. The van der Waals surface area contributed by atoms with Gasteiger partial charge in [-0.3, -0.25) is 9.80 Å². The van der Waals surface area contributed by atoms with Gasteiger partial charge in [-0.1, -0.05) is 45.0 Å². The fraction of sp³-hybridized carbons (Fsp3) is 0.714. The molecule has 0 spiro atoms. The van der Waals surface area contributed by atoms with E-state index in [4.69, 9.17) is 0 Å². The number of likely N-dealkylation sites (tertiary alicyclic amines) is 1. The van der Waals surface area contributed by atoms with Gasteiger partial charge in [0.1, 0.15) is 0 Å². The van der Waals surface area contributed by atoms with Crippen LogP contribution in [0.3, 0.4) is 0 Å². The van der Waals surface area contributed by atoms with Crippen molar-refractivity contribution in [2.45, 2.75) is 45.6 Å². The van der Waals surface area contributed by atoms with E-state index >= 15 is 0 Å². The first-order chi connectivity index (χ1) is 11.5. The van der Waals surface area contributed by atoms with Crippen LogP contribution in [0.4, 0.5) is 0 Å². The average Bonchev–Trinajstić information content (AvgIpc) is 3.07. The number of benzene rings is 1. The third-order valence-corrected chi connectivity index (χ3v) is 5.62. The van der Waals surface area contributed by atoms with Crippen molar-refractivity contribution in [1.82, 2.24) is 14.7 Å². The second-order valence-electron chi connectivity index (χ2n) is 8.61. The minimum atomic E-state index is 0.250. The predicted octanol–water partition coefficient (Wildman–Crippen LogP) is 3.20. The first kappa shape index (κ1) is 17.9. The molecule has 2 aliphatic heterocycles. The molecule has 2 fully saturated rings. The molecule has 134 valence electrons. The normalized spacial score (nSPS) is 21.5. The average molecular weight is 330 g/mol. The Morgan fingerprint density at radius 3 is 1.75 bits per heavy atom. The molecule has 2 saturated heterocycles. The molecule has 0 aliphatic carbocycles. The first-order valence-corrected chi connectivity index (χ1v) is 9.77. The van der Waals surface area contributed by atoms with Gasteiger partial charge in [0.05, 0.1) is 0 Å². The van der Waals surface area contributed by atoms with E-state index < -0.39 is 0 Å². The smallest absolute Gasteiger partial charge is 0.0234 e. The molecular weight excluding hydrogens is 294 g/mol. The van der Waals surface area contributed by atoms with Gasteiger partial charge < -0.3 is 4.90 Å². The highest BCUT2D eigenvalue weighted by Gasteiger charge is 2.19. The van der Waals surface area contributed by atoms with Gasteiger partial charge in [0.25, 0.3) is 0 Å². The first-order valence-electron chi connectivity index (χ1n) is 9.77. The molecule has 0 N–H and O–H groups in total. The number of hydrogen-bond acceptors (Lipinski definition) is 3. The van der Waals surface area contributed by atoms with E-state index in [-0.39, 0.29) is 5.41 Å². The lowest BCUT2D eigenvalue weighted by molar-refractivity contribution is 0.117. The Balaban J connectivity index is 1.40. The van der Waals surface area contributed by atoms with Crippen LogP contribution in [0.1, 0.15) is 44.7 Å². The quantitative estimate of drug-likeness (QED) is 0.821. The van der Waals surface area contributed by atoms with E-state index in [0.29, 0.717) is 0 Å². The van der Waals surface area contributed by atoms with Crippen LogP contribution >= 0.6 is 0 Å². The van der Waals surface area contributed by atoms with E-state index in [0.717, 1.165) is 6.54 Å². The molecule has 0 atom stereocenters. The third kappa shape index (κ3) is 5.05. The van der Waals surface area contributed by atoms with Gasteiger partial charge in [0.15, 0.2) is 0 Å². The van der Waals surface area contributed by atoms with E-state index in [9.17, 15) is 0 Å². The minimum absolute atomic E-state index is 0.250. The fourth-order valence-electron chi connectivity index (χ4n) is 3.83. The number of nitrogens with zero attached hydrogens (tertiary/aromatic N) is 3. The van der Waals surface area contributed by atoms with Gasteiger partial charge in [-0.05, 0) is 42.5 Å². The molecule has 2 heterocycles. The molecule has 1 aromatic rings. The van der Waals surface area contributed by atoms with Gasteiger partial charge in [-0.15, -0.1) is 0 Å². The van der Waals surface area contributed by atoms with Crippen molar-refractivity contribution in [2.24, 2.45) is 0 Å². The largest absolute Gasteiger partial charge is 0.302 e. The molecule has 3 heteroatoms. The van der Waals surface area contributed by atoms with Crippen LogP contribution in [-0.4, -0.2) is 67.1 Å². The molecule has 0 bridgehead atoms. The molecule has 0 saturated carbocycles. The second-order valence-corrected chi connectivity index (χ2v) is 8.61. The summed E-state index contributed by atoms with van der Waals surface area (Å²) >= 11 is 0. The summed E-state index contributed by atoms with van der Waals surface area (Å²) in [5, 5.41) is 0. The maximum Gasteiger partial charge on any atom is 0.0234 e. The highest BCUT2D eigenvalue weighted by molar-refractivity contribution is 5.27. The van der Waals surface area contributed by atoms with Crippen molar-refractivity contribution in [1.29, 1.82) is 0 Å². The van der Waals surface area contributed by atoms with Crippen molar-refractivity contribution >= 4 is 0 Å². The highest BCUT2D eigenvalue weighted by Crippen LogP contribution is 2.22. The Morgan fingerprint density at radius 2 is 1.21 bits per heavy atom. The molecule has 2 aliphatic rings. The second kappa shape index (κ2) is 7.99. The molecule has 3 nitrogen and oxygen atoms in total. The Labute approximate surface area is 148 Å². The molecule has 0 amide bonds. The summed E-state index contributed by atoms with van der Waals surface area (Å²) in [5.74, 6) is 0. The lowest BCUT2D eigenvalue weighted by Gasteiger charge is -2.35. The topological polar surface area (TPSA) is 9.72 Å². The maximum absolute atomic E-state index is 2.65. The minimum Gasteiger partial charge on any atom is -0.302 e. The molecule has 0 aromatic heterocycles. The molecule has 3 rings (SSSR count). The van der Waals surface area contributed by atoms with Crippen molar-refractivity contribution in [2.75, 3.05) is 52.4 Å². The monoisotopic (exact) mass is 329 g/mol. The van der Waals surface area contributed by atoms with Crippen LogP contribution in [0.25, 0.3) is 0 Å². The molecule has 24 heavy (non-hydrogen) atoms. The SMILES string of the molecule is CC(C)(C)c1ccc(CN2CCN(CCN3CCCC3)CC2)cc1.